The quantitative estimate of drug-likeness (QED) is 0.716. The third-order valence-corrected chi connectivity index (χ3v) is 4.07. The Labute approximate surface area is 166 Å². The molecule has 0 spiro atoms. The van der Waals surface area contributed by atoms with Crippen LogP contribution < -0.4 is 20.3 Å². The number of hydrazine groups is 1. The van der Waals surface area contributed by atoms with Crippen molar-refractivity contribution in [3.8, 4) is 11.5 Å². The fourth-order valence-corrected chi connectivity index (χ4v) is 2.47. The van der Waals surface area contributed by atoms with Crippen LogP contribution in [0.15, 0.2) is 42.5 Å². The smallest absolute Gasteiger partial charge is 0.279 e. The molecule has 0 fully saturated rings. The second-order valence-electron chi connectivity index (χ2n) is 7.15. The summed E-state index contributed by atoms with van der Waals surface area (Å²) in [6, 6.07) is 12.5. The molecular weight excluding hydrogens is 356 g/mol. The lowest BCUT2D eigenvalue weighted by atomic mass is 10.1. The van der Waals surface area contributed by atoms with Gasteiger partial charge >= 0.3 is 0 Å². The van der Waals surface area contributed by atoms with E-state index in [1.165, 1.54) is 0 Å². The predicted molar refractivity (Wildman–Crippen MR) is 108 cm³/mol. The minimum atomic E-state index is -0.757. The first-order valence-electron chi connectivity index (χ1n) is 9.34. The molecule has 0 radical (unpaired) electrons. The van der Waals surface area contributed by atoms with Gasteiger partial charge in [0.05, 0.1) is 6.61 Å². The summed E-state index contributed by atoms with van der Waals surface area (Å²) in [6.07, 6.45) is -0.757. The average molecular weight is 384 g/mol. The van der Waals surface area contributed by atoms with Crippen LogP contribution in [-0.4, -0.2) is 24.5 Å². The summed E-state index contributed by atoms with van der Waals surface area (Å²) in [7, 11) is 0. The van der Waals surface area contributed by atoms with Crippen molar-refractivity contribution in [3.63, 3.8) is 0 Å². The SMILES string of the molecule is Cc1cccc(C)c1OC(C)C(=O)NNC(=O)c1ccc(OCC(C)C)cc1. The van der Waals surface area contributed by atoms with Crippen LogP contribution in [0.2, 0.25) is 0 Å². The van der Waals surface area contributed by atoms with Crippen LogP contribution in [0.1, 0.15) is 42.3 Å². The highest BCUT2D eigenvalue weighted by Gasteiger charge is 2.17. The highest BCUT2D eigenvalue weighted by Crippen LogP contribution is 2.23. The molecule has 1 atom stereocenters. The summed E-state index contributed by atoms with van der Waals surface area (Å²) in [5.74, 6) is 0.945. The predicted octanol–water partition coefficient (Wildman–Crippen LogP) is 3.57. The summed E-state index contributed by atoms with van der Waals surface area (Å²) < 4.78 is 11.3. The molecule has 0 saturated carbocycles. The number of para-hydroxylation sites is 1. The van der Waals surface area contributed by atoms with Crippen molar-refractivity contribution in [3.05, 3.63) is 59.2 Å². The van der Waals surface area contributed by atoms with Crippen LogP contribution >= 0.6 is 0 Å². The van der Waals surface area contributed by atoms with Gasteiger partial charge in [-0.25, -0.2) is 0 Å². The first kappa shape index (κ1) is 21.3. The number of hydrogen-bond acceptors (Lipinski definition) is 4. The molecule has 28 heavy (non-hydrogen) atoms. The van der Waals surface area contributed by atoms with E-state index in [4.69, 9.17) is 9.47 Å². The van der Waals surface area contributed by atoms with Crippen LogP contribution in [0.3, 0.4) is 0 Å². The van der Waals surface area contributed by atoms with Gasteiger partial charge in [-0.1, -0.05) is 32.0 Å². The van der Waals surface area contributed by atoms with Crippen molar-refractivity contribution >= 4 is 11.8 Å². The number of aryl methyl sites for hydroxylation is 2. The minimum absolute atomic E-state index is 0.414. The number of rotatable bonds is 7. The summed E-state index contributed by atoms with van der Waals surface area (Å²) in [5, 5.41) is 0. The Kier molecular flexibility index (Phi) is 7.44. The number of benzene rings is 2. The van der Waals surface area contributed by atoms with E-state index in [1.807, 2.05) is 32.0 Å². The Bertz CT molecular complexity index is 796. The van der Waals surface area contributed by atoms with E-state index in [-0.39, 0.29) is 0 Å². The summed E-state index contributed by atoms with van der Waals surface area (Å²) in [6.45, 7) is 10.2. The molecule has 2 aromatic rings. The summed E-state index contributed by atoms with van der Waals surface area (Å²) in [4.78, 5) is 24.4. The lowest BCUT2D eigenvalue weighted by Gasteiger charge is -2.18. The van der Waals surface area contributed by atoms with E-state index < -0.39 is 17.9 Å². The zero-order valence-corrected chi connectivity index (χ0v) is 17.0. The Morgan fingerprint density at radius 1 is 0.929 bits per heavy atom. The minimum Gasteiger partial charge on any atom is -0.493 e. The second-order valence-corrected chi connectivity index (χ2v) is 7.15. The maximum Gasteiger partial charge on any atom is 0.279 e. The zero-order chi connectivity index (χ0) is 20.7. The number of amides is 2. The van der Waals surface area contributed by atoms with Gasteiger partial charge in [-0.3, -0.25) is 20.4 Å². The molecule has 0 heterocycles. The molecule has 0 aromatic heterocycles. The van der Waals surface area contributed by atoms with Crippen molar-refractivity contribution in [1.29, 1.82) is 0 Å². The third-order valence-electron chi connectivity index (χ3n) is 4.07. The topological polar surface area (TPSA) is 76.7 Å². The standard InChI is InChI=1S/C22H28N2O4/c1-14(2)13-27-19-11-9-18(10-12-19)22(26)24-23-21(25)17(5)28-20-15(3)7-6-8-16(20)4/h6-12,14,17H,13H2,1-5H3,(H,23,25)(H,24,26). The van der Waals surface area contributed by atoms with E-state index in [2.05, 4.69) is 24.7 Å². The first-order valence-corrected chi connectivity index (χ1v) is 9.34. The van der Waals surface area contributed by atoms with Crippen molar-refractivity contribution in [2.75, 3.05) is 6.61 Å². The van der Waals surface area contributed by atoms with E-state index in [0.29, 0.717) is 29.6 Å². The molecule has 1 unspecified atom stereocenters. The van der Waals surface area contributed by atoms with Crippen LogP contribution in [0.25, 0.3) is 0 Å². The van der Waals surface area contributed by atoms with Gasteiger partial charge < -0.3 is 9.47 Å². The molecule has 2 aromatic carbocycles. The maximum atomic E-state index is 12.2. The first-order chi connectivity index (χ1) is 13.3. The fourth-order valence-electron chi connectivity index (χ4n) is 2.47. The molecule has 150 valence electrons. The number of hydrogen-bond donors (Lipinski definition) is 2. The molecule has 2 N–H and O–H groups in total. The third kappa shape index (κ3) is 6.01. The van der Waals surface area contributed by atoms with E-state index in [1.54, 1.807) is 31.2 Å². The largest absolute Gasteiger partial charge is 0.493 e. The Hall–Kier alpha value is -3.02. The monoisotopic (exact) mass is 384 g/mol. The average Bonchev–Trinajstić information content (AvgIpc) is 2.67. The number of carbonyl (C=O) groups is 2. The van der Waals surface area contributed by atoms with Crippen molar-refractivity contribution in [2.24, 2.45) is 5.92 Å². The van der Waals surface area contributed by atoms with Crippen molar-refractivity contribution in [1.82, 2.24) is 10.9 Å². The van der Waals surface area contributed by atoms with Gasteiger partial charge in [-0.15, -0.1) is 0 Å². The van der Waals surface area contributed by atoms with Crippen LogP contribution in [0.4, 0.5) is 0 Å². The Morgan fingerprint density at radius 3 is 2.11 bits per heavy atom. The molecule has 0 bridgehead atoms. The van der Waals surface area contributed by atoms with E-state index in [0.717, 1.165) is 11.1 Å². The van der Waals surface area contributed by atoms with Crippen LogP contribution in [0, 0.1) is 19.8 Å². The molecule has 6 nitrogen and oxygen atoms in total. The normalized spacial score (nSPS) is 11.6. The van der Waals surface area contributed by atoms with Gasteiger partial charge in [-0.05, 0) is 62.1 Å². The maximum absolute atomic E-state index is 12.2. The highest BCUT2D eigenvalue weighted by molar-refractivity contribution is 5.95. The molecule has 0 aliphatic carbocycles. The van der Waals surface area contributed by atoms with E-state index in [9.17, 15) is 9.59 Å². The van der Waals surface area contributed by atoms with Gasteiger partial charge in [0.1, 0.15) is 11.5 Å². The molecule has 0 saturated heterocycles. The molecule has 0 aliphatic rings. The number of ether oxygens (including phenoxy) is 2. The van der Waals surface area contributed by atoms with Gasteiger partial charge in [0.2, 0.25) is 0 Å². The van der Waals surface area contributed by atoms with Gasteiger partial charge in [0.15, 0.2) is 6.10 Å². The van der Waals surface area contributed by atoms with E-state index >= 15 is 0 Å². The highest BCUT2D eigenvalue weighted by atomic mass is 16.5. The van der Waals surface area contributed by atoms with Gasteiger partial charge in [0.25, 0.3) is 11.8 Å². The molecule has 2 rings (SSSR count). The van der Waals surface area contributed by atoms with Crippen LogP contribution in [0.5, 0.6) is 11.5 Å². The Balaban J connectivity index is 1.87. The number of nitrogens with one attached hydrogen (secondary N) is 2. The lowest BCUT2D eigenvalue weighted by Crippen LogP contribution is -2.47. The van der Waals surface area contributed by atoms with Crippen molar-refractivity contribution in [2.45, 2.75) is 40.7 Å². The molecule has 0 aliphatic heterocycles. The van der Waals surface area contributed by atoms with Crippen molar-refractivity contribution < 1.29 is 19.1 Å². The molecular formula is C22H28N2O4. The summed E-state index contributed by atoms with van der Waals surface area (Å²) in [5.41, 5.74) is 7.12. The lowest BCUT2D eigenvalue weighted by molar-refractivity contribution is -0.128. The summed E-state index contributed by atoms with van der Waals surface area (Å²) >= 11 is 0. The molecule has 6 heteroatoms. The Morgan fingerprint density at radius 2 is 1.54 bits per heavy atom. The number of carbonyl (C=O) groups excluding carboxylic acids is 2. The van der Waals surface area contributed by atoms with Gasteiger partial charge in [-0.2, -0.15) is 0 Å². The fraction of sp³-hybridized carbons (Fsp3) is 0.364. The second kappa shape index (κ2) is 9.78. The van der Waals surface area contributed by atoms with Gasteiger partial charge in [0, 0.05) is 5.56 Å². The van der Waals surface area contributed by atoms with Crippen LogP contribution in [-0.2, 0) is 4.79 Å². The zero-order valence-electron chi connectivity index (χ0n) is 17.0. The molecule has 2 amide bonds.